The van der Waals surface area contributed by atoms with E-state index in [1.54, 1.807) is 0 Å². The fraction of sp³-hybridized carbons (Fsp3) is 1.00. The molecule has 0 saturated heterocycles. The Bertz CT molecular complexity index is 61.0. The predicted octanol–water partition coefficient (Wildman–Crippen LogP) is 0.670. The van der Waals surface area contributed by atoms with Gasteiger partial charge in [0.1, 0.15) is 0 Å². The van der Waals surface area contributed by atoms with Crippen LogP contribution in [0.15, 0.2) is 0 Å². The number of thiol groups is 1. The second kappa shape index (κ2) is 6.39. The summed E-state index contributed by atoms with van der Waals surface area (Å²) in [5.74, 6) is 0.787. The lowest BCUT2D eigenvalue weighted by atomic mass is 10.3. The monoisotopic (exact) mass is 149 g/mol. The zero-order valence-corrected chi connectivity index (χ0v) is 6.73. The van der Waals surface area contributed by atoms with Gasteiger partial charge in [0.25, 0.3) is 0 Å². The van der Waals surface area contributed by atoms with Crippen LogP contribution < -0.4 is 5.73 Å². The third-order valence-electron chi connectivity index (χ3n) is 1.07. The molecular formula is C6H15NOS. The molecular weight excluding hydrogens is 134 g/mol. The zero-order valence-electron chi connectivity index (χ0n) is 5.84. The fourth-order valence-corrected chi connectivity index (χ4v) is 0.677. The molecule has 0 aliphatic heterocycles. The van der Waals surface area contributed by atoms with Gasteiger partial charge in [0.05, 0.1) is 12.7 Å². The van der Waals surface area contributed by atoms with Crippen molar-refractivity contribution in [2.75, 3.05) is 18.9 Å². The highest BCUT2D eigenvalue weighted by Crippen LogP contribution is 1.94. The van der Waals surface area contributed by atoms with Gasteiger partial charge in [-0.25, -0.2) is 0 Å². The first kappa shape index (κ1) is 9.27. The zero-order chi connectivity index (χ0) is 7.11. The summed E-state index contributed by atoms with van der Waals surface area (Å²) in [5.41, 5.74) is 5.30. The van der Waals surface area contributed by atoms with Gasteiger partial charge in [-0.2, -0.15) is 12.6 Å². The van der Waals surface area contributed by atoms with Crippen LogP contribution in [-0.2, 0) is 4.74 Å². The molecule has 56 valence electrons. The average molecular weight is 149 g/mol. The summed E-state index contributed by atoms with van der Waals surface area (Å²) in [6.45, 7) is 3.45. The largest absolute Gasteiger partial charge is 0.378 e. The number of ether oxygens (including phenoxy) is 1. The Morgan fingerprint density at radius 2 is 2.33 bits per heavy atom. The molecule has 0 rings (SSSR count). The lowest BCUT2D eigenvalue weighted by Crippen LogP contribution is -2.15. The van der Waals surface area contributed by atoms with Crippen molar-refractivity contribution in [3.8, 4) is 0 Å². The smallest absolute Gasteiger partial charge is 0.0559 e. The minimum absolute atomic E-state index is 0.294. The second-order valence-corrected chi connectivity index (χ2v) is 2.43. The van der Waals surface area contributed by atoms with E-state index in [0.29, 0.717) is 12.6 Å². The van der Waals surface area contributed by atoms with Crippen LogP contribution >= 0.6 is 12.6 Å². The van der Waals surface area contributed by atoms with Crippen LogP contribution in [0.3, 0.4) is 0 Å². The Balaban J connectivity index is 2.95. The highest BCUT2D eigenvalue weighted by Gasteiger charge is 1.97. The first-order valence-corrected chi connectivity index (χ1v) is 3.87. The number of hydrogen-bond donors (Lipinski definition) is 2. The molecule has 2 nitrogen and oxygen atoms in total. The van der Waals surface area contributed by atoms with Crippen LogP contribution in [0.25, 0.3) is 0 Å². The van der Waals surface area contributed by atoms with Crippen molar-refractivity contribution < 1.29 is 4.74 Å². The summed E-state index contributed by atoms with van der Waals surface area (Å²) in [4.78, 5) is 0. The third kappa shape index (κ3) is 6.15. The summed E-state index contributed by atoms with van der Waals surface area (Å²) in [6, 6.07) is 0. The lowest BCUT2D eigenvalue weighted by molar-refractivity contribution is 0.0742. The molecule has 1 atom stereocenters. The van der Waals surface area contributed by atoms with Gasteiger partial charge in [-0.1, -0.05) is 0 Å². The maximum atomic E-state index is 5.30. The van der Waals surface area contributed by atoms with E-state index >= 15 is 0 Å². The van der Waals surface area contributed by atoms with Gasteiger partial charge in [0, 0.05) is 5.75 Å². The second-order valence-electron chi connectivity index (χ2n) is 1.98. The van der Waals surface area contributed by atoms with Gasteiger partial charge < -0.3 is 10.5 Å². The summed E-state index contributed by atoms with van der Waals surface area (Å²) in [5, 5.41) is 0. The van der Waals surface area contributed by atoms with E-state index < -0.39 is 0 Å². The Kier molecular flexibility index (Phi) is 6.58. The Hall–Kier alpha value is 0.270. The van der Waals surface area contributed by atoms with Crippen molar-refractivity contribution in [2.45, 2.75) is 19.4 Å². The van der Waals surface area contributed by atoms with Crippen LogP contribution in [0.2, 0.25) is 0 Å². The average Bonchev–Trinajstić information content (AvgIpc) is 1.85. The molecule has 0 bridgehead atoms. The van der Waals surface area contributed by atoms with Crippen LogP contribution in [0.5, 0.6) is 0 Å². The standard InChI is InChI=1S/C6H15NOS/c1-6(2-3-7)8-4-5-9/h6,9H,2-5,7H2,1H3. The van der Waals surface area contributed by atoms with E-state index in [1.165, 1.54) is 0 Å². The molecule has 0 fully saturated rings. The summed E-state index contributed by atoms with van der Waals surface area (Å²) in [7, 11) is 0. The molecule has 0 aromatic heterocycles. The fourth-order valence-electron chi connectivity index (χ4n) is 0.572. The number of rotatable bonds is 5. The van der Waals surface area contributed by atoms with Crippen molar-refractivity contribution in [3.63, 3.8) is 0 Å². The van der Waals surface area contributed by atoms with Gasteiger partial charge in [-0.15, -0.1) is 0 Å². The molecule has 0 radical (unpaired) electrons. The van der Waals surface area contributed by atoms with E-state index in [1.807, 2.05) is 6.92 Å². The molecule has 9 heavy (non-hydrogen) atoms. The van der Waals surface area contributed by atoms with E-state index in [4.69, 9.17) is 10.5 Å². The SMILES string of the molecule is CC(CCN)OCCS. The molecule has 3 heteroatoms. The first-order valence-electron chi connectivity index (χ1n) is 3.23. The van der Waals surface area contributed by atoms with Crippen LogP contribution in [0.4, 0.5) is 0 Å². The highest BCUT2D eigenvalue weighted by molar-refractivity contribution is 7.80. The highest BCUT2D eigenvalue weighted by atomic mass is 32.1. The molecule has 1 unspecified atom stereocenters. The van der Waals surface area contributed by atoms with Gasteiger partial charge in [0.15, 0.2) is 0 Å². The number of hydrogen-bond acceptors (Lipinski definition) is 3. The van der Waals surface area contributed by atoms with Gasteiger partial charge in [0.2, 0.25) is 0 Å². The van der Waals surface area contributed by atoms with E-state index in [2.05, 4.69) is 12.6 Å². The van der Waals surface area contributed by atoms with Crippen molar-refractivity contribution in [1.29, 1.82) is 0 Å². The predicted molar refractivity (Wildman–Crippen MR) is 42.9 cm³/mol. The normalized spacial score (nSPS) is 13.7. The molecule has 2 N–H and O–H groups in total. The Morgan fingerprint density at radius 3 is 2.78 bits per heavy atom. The summed E-state index contributed by atoms with van der Waals surface area (Å²) >= 11 is 4.01. The van der Waals surface area contributed by atoms with Crippen molar-refractivity contribution >= 4 is 12.6 Å². The minimum Gasteiger partial charge on any atom is -0.378 e. The molecule has 0 amide bonds. The van der Waals surface area contributed by atoms with E-state index in [0.717, 1.165) is 18.8 Å². The summed E-state index contributed by atoms with van der Waals surface area (Å²) in [6.07, 6.45) is 1.23. The molecule has 0 spiro atoms. The van der Waals surface area contributed by atoms with Crippen LogP contribution in [0, 0.1) is 0 Å². The Labute approximate surface area is 62.2 Å². The topological polar surface area (TPSA) is 35.2 Å². The van der Waals surface area contributed by atoms with Crippen molar-refractivity contribution in [1.82, 2.24) is 0 Å². The minimum atomic E-state index is 0.294. The van der Waals surface area contributed by atoms with Gasteiger partial charge >= 0.3 is 0 Å². The van der Waals surface area contributed by atoms with Crippen molar-refractivity contribution in [2.24, 2.45) is 5.73 Å². The molecule has 0 aromatic rings. The molecule has 0 aliphatic carbocycles. The quantitative estimate of drug-likeness (QED) is 0.564. The molecule has 0 heterocycles. The van der Waals surface area contributed by atoms with Gasteiger partial charge in [-0.05, 0) is 19.9 Å². The van der Waals surface area contributed by atoms with Crippen molar-refractivity contribution in [3.05, 3.63) is 0 Å². The lowest BCUT2D eigenvalue weighted by Gasteiger charge is -2.09. The molecule has 0 aliphatic rings. The van der Waals surface area contributed by atoms with Crippen LogP contribution in [-0.4, -0.2) is 25.0 Å². The van der Waals surface area contributed by atoms with Gasteiger partial charge in [-0.3, -0.25) is 0 Å². The Morgan fingerprint density at radius 1 is 1.67 bits per heavy atom. The summed E-state index contributed by atoms with van der Waals surface area (Å²) < 4.78 is 5.28. The molecule has 0 saturated carbocycles. The maximum absolute atomic E-state index is 5.30. The third-order valence-corrected chi connectivity index (χ3v) is 1.25. The van der Waals surface area contributed by atoms with E-state index in [9.17, 15) is 0 Å². The first-order chi connectivity index (χ1) is 4.31. The maximum Gasteiger partial charge on any atom is 0.0559 e. The van der Waals surface area contributed by atoms with E-state index in [-0.39, 0.29) is 0 Å². The molecule has 0 aromatic carbocycles. The number of nitrogens with two attached hydrogens (primary N) is 1. The van der Waals surface area contributed by atoms with Crippen LogP contribution in [0.1, 0.15) is 13.3 Å².